The zero-order valence-electron chi connectivity index (χ0n) is 18.4. The summed E-state index contributed by atoms with van der Waals surface area (Å²) in [5, 5.41) is 5.49. The Bertz CT molecular complexity index is 1180. The first-order valence-corrected chi connectivity index (χ1v) is 10.1. The van der Waals surface area contributed by atoms with E-state index < -0.39 is 17.8 Å². The normalized spacial score (nSPS) is 11.4. The van der Waals surface area contributed by atoms with Gasteiger partial charge in [-0.1, -0.05) is 24.3 Å². The van der Waals surface area contributed by atoms with E-state index in [9.17, 15) is 18.8 Å². The molecule has 33 heavy (non-hydrogen) atoms. The van der Waals surface area contributed by atoms with Gasteiger partial charge in [0, 0.05) is 12.6 Å². The summed E-state index contributed by atoms with van der Waals surface area (Å²) in [6.45, 7) is 3.61. The Morgan fingerprint density at radius 2 is 1.67 bits per heavy atom. The SMILES string of the molecule is COC(=O)c1ccc([C@H](C)NC(=O)c2cc(C(=O)NCc3ccc(F)c(C)c3)ncn2)cc1. The Morgan fingerprint density at radius 1 is 1.00 bits per heavy atom. The molecule has 2 aromatic carbocycles. The van der Waals surface area contributed by atoms with Crippen molar-refractivity contribution in [3.05, 3.63) is 94.3 Å². The van der Waals surface area contributed by atoms with Crippen LogP contribution in [0.3, 0.4) is 0 Å². The number of rotatable bonds is 7. The highest BCUT2D eigenvalue weighted by molar-refractivity contribution is 5.97. The van der Waals surface area contributed by atoms with Crippen LogP contribution in [0.15, 0.2) is 54.9 Å². The molecule has 1 aromatic heterocycles. The van der Waals surface area contributed by atoms with Crippen LogP contribution < -0.4 is 10.6 Å². The van der Waals surface area contributed by atoms with Crippen molar-refractivity contribution in [2.24, 2.45) is 0 Å². The number of carbonyl (C=O) groups is 3. The largest absolute Gasteiger partial charge is 0.465 e. The Balaban J connectivity index is 1.62. The minimum atomic E-state index is -0.486. The molecule has 0 bridgehead atoms. The van der Waals surface area contributed by atoms with Crippen LogP contribution in [0.4, 0.5) is 4.39 Å². The van der Waals surface area contributed by atoms with Gasteiger partial charge in [-0.25, -0.2) is 19.2 Å². The average Bonchev–Trinajstić information content (AvgIpc) is 2.84. The molecule has 0 saturated heterocycles. The zero-order valence-corrected chi connectivity index (χ0v) is 18.4. The summed E-state index contributed by atoms with van der Waals surface area (Å²) in [6, 6.07) is 12.1. The van der Waals surface area contributed by atoms with Crippen LogP contribution in [-0.4, -0.2) is 34.9 Å². The Kier molecular flexibility index (Phi) is 7.45. The molecule has 170 valence electrons. The van der Waals surface area contributed by atoms with E-state index in [0.717, 1.165) is 17.5 Å². The van der Waals surface area contributed by atoms with Crippen molar-refractivity contribution in [3.63, 3.8) is 0 Å². The molecule has 1 heterocycles. The molecular formula is C24H23FN4O4. The number of amides is 2. The van der Waals surface area contributed by atoms with Crippen molar-refractivity contribution in [3.8, 4) is 0 Å². The Morgan fingerprint density at radius 3 is 2.30 bits per heavy atom. The van der Waals surface area contributed by atoms with Gasteiger partial charge in [-0.3, -0.25) is 9.59 Å². The van der Waals surface area contributed by atoms with Gasteiger partial charge in [-0.05, 0) is 48.7 Å². The van der Waals surface area contributed by atoms with Crippen LogP contribution in [0.1, 0.15) is 61.0 Å². The third-order valence-electron chi connectivity index (χ3n) is 4.99. The third-order valence-corrected chi connectivity index (χ3v) is 4.99. The Labute approximate surface area is 190 Å². The van der Waals surface area contributed by atoms with Gasteiger partial charge < -0.3 is 15.4 Å². The van der Waals surface area contributed by atoms with E-state index in [1.165, 1.54) is 19.2 Å². The highest BCUT2D eigenvalue weighted by Gasteiger charge is 2.16. The first kappa shape index (κ1) is 23.5. The van der Waals surface area contributed by atoms with Crippen molar-refractivity contribution >= 4 is 17.8 Å². The highest BCUT2D eigenvalue weighted by atomic mass is 19.1. The summed E-state index contributed by atoms with van der Waals surface area (Å²) in [4.78, 5) is 44.5. The molecule has 2 N–H and O–H groups in total. The van der Waals surface area contributed by atoms with Gasteiger partial charge in [-0.2, -0.15) is 0 Å². The molecule has 0 aliphatic carbocycles. The van der Waals surface area contributed by atoms with Crippen LogP contribution in [0.5, 0.6) is 0 Å². The lowest BCUT2D eigenvalue weighted by atomic mass is 10.1. The molecule has 0 fully saturated rings. The number of ether oxygens (including phenoxy) is 1. The smallest absolute Gasteiger partial charge is 0.337 e. The maximum atomic E-state index is 13.4. The van der Waals surface area contributed by atoms with Gasteiger partial charge in [0.25, 0.3) is 11.8 Å². The first-order chi connectivity index (χ1) is 15.8. The molecule has 3 rings (SSSR count). The van der Waals surface area contributed by atoms with Gasteiger partial charge in [0.1, 0.15) is 23.5 Å². The van der Waals surface area contributed by atoms with Crippen LogP contribution in [0.25, 0.3) is 0 Å². The fraction of sp³-hybridized carbons (Fsp3) is 0.208. The molecular weight excluding hydrogens is 427 g/mol. The number of aromatic nitrogens is 2. The van der Waals surface area contributed by atoms with Crippen molar-refractivity contribution < 1.29 is 23.5 Å². The van der Waals surface area contributed by atoms with Gasteiger partial charge in [0.05, 0.1) is 18.7 Å². The minimum absolute atomic E-state index is 0.0315. The molecule has 0 aliphatic rings. The summed E-state index contributed by atoms with van der Waals surface area (Å²) in [7, 11) is 1.30. The molecule has 2 amide bonds. The third kappa shape index (κ3) is 5.97. The monoisotopic (exact) mass is 450 g/mol. The summed E-state index contributed by atoms with van der Waals surface area (Å²) >= 11 is 0. The molecule has 9 heteroatoms. The maximum Gasteiger partial charge on any atom is 0.337 e. The molecule has 3 aromatic rings. The molecule has 0 saturated carbocycles. The summed E-state index contributed by atoms with van der Waals surface area (Å²) in [6.07, 6.45) is 1.14. The topological polar surface area (TPSA) is 110 Å². The van der Waals surface area contributed by atoms with Crippen LogP contribution in [-0.2, 0) is 11.3 Å². The lowest BCUT2D eigenvalue weighted by Gasteiger charge is -2.14. The average molecular weight is 450 g/mol. The standard InChI is InChI=1S/C24H23FN4O4/c1-14-10-16(4-9-19(14)25)12-26-22(30)20-11-21(28-13-27-20)23(31)29-15(2)17-5-7-18(8-6-17)24(32)33-3/h4-11,13,15H,12H2,1-3H3,(H,26,30)(H,29,31)/t15-/m0/s1. The predicted octanol–water partition coefficient (Wildman–Crippen LogP) is 3.13. The van der Waals surface area contributed by atoms with Gasteiger partial charge >= 0.3 is 5.97 Å². The molecule has 0 spiro atoms. The highest BCUT2D eigenvalue weighted by Crippen LogP contribution is 2.15. The van der Waals surface area contributed by atoms with E-state index in [-0.39, 0.29) is 29.8 Å². The van der Waals surface area contributed by atoms with E-state index in [1.807, 2.05) is 0 Å². The number of halogens is 1. The maximum absolute atomic E-state index is 13.4. The molecule has 1 atom stereocenters. The van der Waals surface area contributed by atoms with E-state index in [1.54, 1.807) is 50.2 Å². The van der Waals surface area contributed by atoms with E-state index in [4.69, 9.17) is 0 Å². The number of hydrogen-bond donors (Lipinski definition) is 2. The molecule has 8 nitrogen and oxygen atoms in total. The number of hydrogen-bond acceptors (Lipinski definition) is 6. The van der Waals surface area contributed by atoms with E-state index in [0.29, 0.717) is 11.1 Å². The summed E-state index contributed by atoms with van der Waals surface area (Å²) < 4.78 is 18.1. The fourth-order valence-electron chi connectivity index (χ4n) is 3.07. The van der Waals surface area contributed by atoms with Crippen LogP contribution >= 0.6 is 0 Å². The van der Waals surface area contributed by atoms with E-state index >= 15 is 0 Å². The van der Waals surface area contributed by atoms with Crippen molar-refractivity contribution in [1.29, 1.82) is 0 Å². The van der Waals surface area contributed by atoms with Gasteiger partial charge in [0.15, 0.2) is 0 Å². The van der Waals surface area contributed by atoms with Crippen LogP contribution in [0.2, 0.25) is 0 Å². The first-order valence-electron chi connectivity index (χ1n) is 10.1. The number of nitrogens with one attached hydrogen (secondary N) is 2. The van der Waals surface area contributed by atoms with E-state index in [2.05, 4.69) is 25.3 Å². The van der Waals surface area contributed by atoms with Crippen molar-refractivity contribution in [2.75, 3.05) is 7.11 Å². The quantitative estimate of drug-likeness (QED) is 0.535. The molecule has 0 unspecified atom stereocenters. The number of esters is 1. The predicted molar refractivity (Wildman–Crippen MR) is 118 cm³/mol. The second-order valence-corrected chi connectivity index (χ2v) is 7.36. The number of nitrogens with zero attached hydrogens (tertiary/aromatic N) is 2. The number of methoxy groups -OCH3 is 1. The molecule has 0 radical (unpaired) electrons. The summed E-state index contributed by atoms with van der Waals surface area (Å²) in [5.74, 6) is -1.73. The Hall–Kier alpha value is -4.14. The number of carbonyl (C=O) groups excluding carboxylic acids is 3. The number of benzene rings is 2. The summed E-state index contributed by atoms with van der Waals surface area (Å²) in [5.41, 5.74) is 2.47. The second kappa shape index (κ2) is 10.4. The lowest BCUT2D eigenvalue weighted by molar-refractivity contribution is 0.0600. The van der Waals surface area contributed by atoms with Crippen molar-refractivity contribution in [1.82, 2.24) is 20.6 Å². The van der Waals surface area contributed by atoms with Gasteiger partial charge in [0.2, 0.25) is 0 Å². The van der Waals surface area contributed by atoms with Crippen molar-refractivity contribution in [2.45, 2.75) is 26.4 Å². The van der Waals surface area contributed by atoms with Crippen LogP contribution in [0, 0.1) is 12.7 Å². The number of aryl methyl sites for hydroxylation is 1. The minimum Gasteiger partial charge on any atom is -0.465 e. The second-order valence-electron chi connectivity index (χ2n) is 7.36. The van der Waals surface area contributed by atoms with Gasteiger partial charge in [-0.15, -0.1) is 0 Å². The lowest BCUT2D eigenvalue weighted by Crippen LogP contribution is -2.29. The zero-order chi connectivity index (χ0) is 24.0. The molecule has 0 aliphatic heterocycles. The fourth-order valence-corrected chi connectivity index (χ4v) is 3.07.